The number of nitrogens with zero attached hydrogens (tertiary/aromatic N) is 7. The molecule has 5 aliphatic rings. The van der Waals surface area contributed by atoms with Crippen molar-refractivity contribution in [3.63, 3.8) is 0 Å². The fraction of sp³-hybridized carbons (Fsp3) is 0.746. The van der Waals surface area contributed by atoms with Gasteiger partial charge in [-0.15, -0.1) is 0 Å². The van der Waals surface area contributed by atoms with Gasteiger partial charge in [0.05, 0.1) is 30.2 Å². The van der Waals surface area contributed by atoms with Crippen molar-refractivity contribution < 1.29 is 65.9 Å². The van der Waals surface area contributed by atoms with Gasteiger partial charge in [0.1, 0.15) is 41.8 Å². The van der Waals surface area contributed by atoms with Gasteiger partial charge < -0.3 is 55.6 Å². The maximum Gasteiger partial charge on any atom is 0.417 e. The molecular formula is C67H103ClF3N11O11. The maximum absolute atomic E-state index is 15.3. The molecule has 11 amide bonds. The minimum absolute atomic E-state index is 0.0353. The molecule has 1 unspecified atom stereocenters. The summed E-state index contributed by atoms with van der Waals surface area (Å²) < 4.78 is 41.4. The Balaban J connectivity index is 1.37. The van der Waals surface area contributed by atoms with Crippen LogP contribution >= 0.6 is 11.6 Å². The summed E-state index contributed by atoms with van der Waals surface area (Å²) in [5.41, 5.74) is -2.22. The minimum atomic E-state index is -4.74. The van der Waals surface area contributed by atoms with Crippen LogP contribution in [0, 0.1) is 23.7 Å². The Kier molecular flexibility index (Phi) is 27.4. The monoisotopic (exact) mass is 1330 g/mol. The second kappa shape index (κ2) is 33.7. The first-order valence-electron chi connectivity index (χ1n) is 33.7. The second-order valence-corrected chi connectivity index (χ2v) is 28.2. The molecule has 1 aromatic carbocycles. The van der Waals surface area contributed by atoms with Crippen LogP contribution in [0.4, 0.5) is 13.2 Å². The van der Waals surface area contributed by atoms with Gasteiger partial charge in [0.15, 0.2) is 0 Å². The molecule has 5 fully saturated rings. The zero-order valence-electron chi connectivity index (χ0n) is 56.6. The lowest BCUT2D eigenvalue weighted by atomic mass is 9.84. The van der Waals surface area contributed by atoms with Gasteiger partial charge in [-0.1, -0.05) is 122 Å². The Labute approximate surface area is 552 Å². The van der Waals surface area contributed by atoms with Crippen LogP contribution in [0.2, 0.25) is 5.02 Å². The lowest BCUT2D eigenvalue weighted by Gasteiger charge is -2.39. The number of halogens is 4. The highest BCUT2D eigenvalue weighted by Crippen LogP contribution is 2.38. The topological polar surface area (TPSA) is 259 Å². The highest BCUT2D eigenvalue weighted by molar-refractivity contribution is 6.31. The Bertz CT molecular complexity index is 2850. The van der Waals surface area contributed by atoms with Crippen LogP contribution in [0.25, 0.3) is 0 Å². The summed E-state index contributed by atoms with van der Waals surface area (Å²) in [6.45, 7) is 7.54. The van der Waals surface area contributed by atoms with Crippen LogP contribution in [-0.4, -0.2) is 216 Å². The average molecular weight is 1330 g/mol. The van der Waals surface area contributed by atoms with E-state index in [1.54, 1.807) is 13.8 Å². The van der Waals surface area contributed by atoms with Gasteiger partial charge in [0, 0.05) is 61.3 Å². The number of benzene rings is 1. The highest BCUT2D eigenvalue weighted by Gasteiger charge is 2.50. The molecule has 8 atom stereocenters. The SMILES string of the molecule is CC[C@H](C)[C@@H]1NC(=O)[C@H](CC(C)C)N(C)C(=O)C[C@@H](C)NC(=O)[C@H](CC2CCCC2)N(C)C(=O)C2(CCCC2)NC(=O)C2CCCN2C(=O)[C@H](CCc2ccc(C(F)(F)F)c(Cl)c2)NC(=O)CN(C)C(=O)[C@H](CC2CCCCC2)N(C)C(=O)CN(C)C(=O)CN(C)C1=O. The van der Waals surface area contributed by atoms with Gasteiger partial charge in [-0.3, -0.25) is 52.7 Å². The van der Waals surface area contributed by atoms with Crippen molar-refractivity contribution in [3.8, 4) is 0 Å². The third-order valence-corrected chi connectivity index (χ3v) is 20.4. The zero-order valence-corrected chi connectivity index (χ0v) is 57.4. The Morgan fingerprint density at radius 3 is 1.77 bits per heavy atom. The largest absolute Gasteiger partial charge is 0.417 e. The Morgan fingerprint density at radius 2 is 1.18 bits per heavy atom. The predicted octanol–water partition coefficient (Wildman–Crippen LogP) is 6.09. The van der Waals surface area contributed by atoms with E-state index >= 15 is 9.59 Å². The lowest BCUT2D eigenvalue weighted by molar-refractivity contribution is -0.149. The number of carbonyl (C=O) groups is 11. The van der Waals surface area contributed by atoms with E-state index in [0.29, 0.717) is 37.7 Å². The van der Waals surface area contributed by atoms with Crippen molar-refractivity contribution in [1.29, 1.82) is 0 Å². The third-order valence-electron chi connectivity index (χ3n) is 20.1. The molecule has 22 nitrogen and oxygen atoms in total. The molecule has 3 aliphatic carbocycles. The molecule has 520 valence electrons. The molecular weight excluding hydrogens is 1230 g/mol. The summed E-state index contributed by atoms with van der Waals surface area (Å²) in [6.07, 6.45) is 6.07. The number of nitrogens with one attached hydrogen (secondary N) is 4. The zero-order chi connectivity index (χ0) is 68.8. The first-order chi connectivity index (χ1) is 43.8. The van der Waals surface area contributed by atoms with Gasteiger partial charge in [0.2, 0.25) is 65.0 Å². The van der Waals surface area contributed by atoms with Gasteiger partial charge in [-0.25, -0.2) is 0 Å². The van der Waals surface area contributed by atoms with Gasteiger partial charge in [0.25, 0.3) is 0 Å². The molecule has 2 heterocycles. The molecule has 0 radical (unpaired) electrons. The molecule has 3 saturated carbocycles. The predicted molar refractivity (Wildman–Crippen MR) is 344 cm³/mol. The first-order valence-corrected chi connectivity index (χ1v) is 34.1. The minimum Gasteiger partial charge on any atom is -0.351 e. The molecule has 4 N–H and O–H groups in total. The lowest BCUT2D eigenvalue weighted by Crippen LogP contribution is -2.64. The summed E-state index contributed by atoms with van der Waals surface area (Å²) in [5.74, 6) is -7.02. The Hall–Kier alpha value is -6.53. The summed E-state index contributed by atoms with van der Waals surface area (Å²) in [4.78, 5) is 169. The summed E-state index contributed by atoms with van der Waals surface area (Å²) in [6, 6.07) is -4.45. The number of alkyl halides is 3. The quantitative estimate of drug-likeness (QED) is 0.197. The van der Waals surface area contributed by atoms with Crippen molar-refractivity contribution >= 4 is 76.6 Å². The van der Waals surface area contributed by atoms with Crippen LogP contribution in [0.15, 0.2) is 18.2 Å². The van der Waals surface area contributed by atoms with E-state index in [1.807, 2.05) is 20.8 Å². The fourth-order valence-corrected chi connectivity index (χ4v) is 14.5. The molecule has 93 heavy (non-hydrogen) atoms. The maximum atomic E-state index is 15.3. The van der Waals surface area contributed by atoms with Crippen LogP contribution < -0.4 is 21.3 Å². The van der Waals surface area contributed by atoms with E-state index in [0.717, 1.165) is 79.7 Å². The second-order valence-electron chi connectivity index (χ2n) is 27.8. The third kappa shape index (κ3) is 20.0. The standard InChI is InChI=1S/C67H103ClF3N11O11/c1-12-42(4)58-64(92)78(8)39-56(85)76(6)40-57(86)80(10)53(37-45-21-14-13-15-22-45)63(91)77(7)38-54(83)73-49(29-27-46-26-28-47(48(68)35-46)67(69,70)71)62(90)82-32-20-25-50(82)61(89)75-66(30-18-19-31-66)65(93)81(11)52(36-44-23-16-17-24-44)59(87)72-43(5)34-55(84)79(9)51(33-41(2)3)60(88)74-58/h26,28,35,41-45,49-53,58H,12-25,27,29-34,36-40H2,1-11H3,(H,72,87)(H,73,83)(H,74,88)(H,75,89)/t42-,43+,49-,50?,51-,52-,53-,58-/m0/s1. The fourth-order valence-electron chi connectivity index (χ4n) is 14.1. The molecule has 2 aliphatic heterocycles. The number of carbonyl (C=O) groups excluding carboxylic acids is 11. The average Bonchev–Trinajstić information content (AvgIpc) is 1.66. The Morgan fingerprint density at radius 1 is 0.613 bits per heavy atom. The van der Waals surface area contributed by atoms with E-state index in [9.17, 15) is 56.3 Å². The number of rotatable bonds is 11. The summed E-state index contributed by atoms with van der Waals surface area (Å²) in [5, 5.41) is 11.1. The molecule has 0 bridgehead atoms. The number of aryl methyl sites for hydroxylation is 1. The highest BCUT2D eigenvalue weighted by atomic mass is 35.5. The number of hydrogen-bond donors (Lipinski definition) is 4. The van der Waals surface area contributed by atoms with E-state index in [2.05, 4.69) is 21.3 Å². The van der Waals surface area contributed by atoms with Crippen molar-refractivity contribution in [2.24, 2.45) is 23.7 Å². The number of amides is 11. The number of hydrogen-bond acceptors (Lipinski definition) is 11. The normalized spacial score (nSPS) is 26.9. The number of likely N-dealkylation sites (N-methyl/N-ethyl adjacent to an activating group) is 6. The van der Waals surface area contributed by atoms with E-state index in [-0.39, 0.29) is 75.7 Å². The van der Waals surface area contributed by atoms with E-state index in [1.165, 1.54) is 72.9 Å². The van der Waals surface area contributed by atoms with Crippen LogP contribution in [-0.2, 0) is 65.3 Å². The van der Waals surface area contributed by atoms with Crippen LogP contribution in [0.1, 0.15) is 181 Å². The first kappa shape index (κ1) is 75.5. The van der Waals surface area contributed by atoms with E-state index < -0.39 is 155 Å². The molecule has 1 aromatic rings. The van der Waals surface area contributed by atoms with Gasteiger partial charge >= 0.3 is 6.18 Å². The molecule has 0 aromatic heterocycles. The smallest absolute Gasteiger partial charge is 0.351 e. The molecule has 1 spiro atoms. The molecule has 2 saturated heterocycles. The summed E-state index contributed by atoms with van der Waals surface area (Å²) >= 11 is 6.13. The van der Waals surface area contributed by atoms with Crippen molar-refractivity contribution in [1.82, 2.24) is 55.6 Å². The van der Waals surface area contributed by atoms with Crippen molar-refractivity contribution in [2.75, 3.05) is 68.5 Å². The number of fused-ring (bicyclic) bond motifs is 1. The molecule has 26 heteroatoms. The van der Waals surface area contributed by atoms with Crippen LogP contribution in [0.5, 0.6) is 0 Å². The van der Waals surface area contributed by atoms with Gasteiger partial charge in [-0.05, 0) is 106 Å². The van der Waals surface area contributed by atoms with Crippen LogP contribution in [0.3, 0.4) is 0 Å². The van der Waals surface area contributed by atoms with Crippen molar-refractivity contribution in [3.05, 3.63) is 34.3 Å². The van der Waals surface area contributed by atoms with E-state index in [4.69, 9.17) is 11.6 Å². The summed E-state index contributed by atoms with van der Waals surface area (Å²) in [7, 11) is 8.66. The van der Waals surface area contributed by atoms with Gasteiger partial charge in [-0.2, -0.15) is 13.2 Å². The van der Waals surface area contributed by atoms with Crippen molar-refractivity contribution in [2.45, 2.75) is 230 Å². The molecule has 6 rings (SSSR count).